The molecule has 4 N–H and O–H groups in total. The van der Waals surface area contributed by atoms with Gasteiger partial charge in [0.05, 0.1) is 16.1 Å². The lowest BCUT2D eigenvalue weighted by molar-refractivity contribution is -0.113. The first-order chi connectivity index (χ1) is 12.6. The van der Waals surface area contributed by atoms with E-state index in [2.05, 4.69) is 21.2 Å². The van der Waals surface area contributed by atoms with E-state index < -0.39 is 33.3 Å². The number of fused-ring (bicyclic) bond motifs is 1. The molecule has 10 heteroatoms. The van der Waals surface area contributed by atoms with Gasteiger partial charge in [-0.3, -0.25) is 13.9 Å². The Morgan fingerprint density at radius 3 is 2.52 bits per heavy atom. The summed E-state index contributed by atoms with van der Waals surface area (Å²) in [7, 11) is -2.90. The van der Waals surface area contributed by atoms with Crippen LogP contribution in [0.15, 0.2) is 57.5 Å². The summed E-state index contributed by atoms with van der Waals surface area (Å²) < 4.78 is 26.7. The van der Waals surface area contributed by atoms with Gasteiger partial charge >= 0.3 is 0 Å². The molecule has 8 nitrogen and oxygen atoms in total. The fourth-order valence-electron chi connectivity index (χ4n) is 2.69. The Morgan fingerprint density at radius 2 is 1.85 bits per heavy atom. The van der Waals surface area contributed by atoms with Gasteiger partial charge in [0.15, 0.2) is 11.5 Å². The van der Waals surface area contributed by atoms with E-state index in [-0.39, 0.29) is 21.7 Å². The number of nitrogens with two attached hydrogens (primary N) is 1. The van der Waals surface area contributed by atoms with Crippen molar-refractivity contribution in [2.45, 2.75) is 4.90 Å². The fourth-order valence-corrected chi connectivity index (χ4v) is 4.62. The highest BCUT2D eigenvalue weighted by Gasteiger charge is 2.38. The average molecular weight is 452 g/mol. The SMILES string of the molecule is CN1C(C(=O)Nc2ccccc2C(N)=O)=C(O)c2ccc(Br)cc2S1(=O)=O. The van der Waals surface area contributed by atoms with Crippen molar-refractivity contribution in [1.29, 1.82) is 0 Å². The minimum Gasteiger partial charge on any atom is -0.505 e. The third-order valence-corrected chi connectivity index (χ3v) is 6.32. The largest absolute Gasteiger partial charge is 0.505 e. The molecule has 2 aromatic carbocycles. The van der Waals surface area contributed by atoms with Crippen molar-refractivity contribution in [3.8, 4) is 0 Å². The predicted octanol–water partition coefficient (Wildman–Crippen LogP) is 2.05. The second-order valence-corrected chi connectivity index (χ2v) is 8.53. The zero-order chi connectivity index (χ0) is 19.9. The van der Waals surface area contributed by atoms with Gasteiger partial charge in [0.1, 0.15) is 0 Å². The van der Waals surface area contributed by atoms with E-state index in [1.54, 1.807) is 18.2 Å². The first-order valence-corrected chi connectivity index (χ1v) is 9.80. The molecule has 2 amide bonds. The maximum atomic E-state index is 12.7. The van der Waals surface area contributed by atoms with Crippen molar-refractivity contribution in [3.05, 3.63) is 63.8 Å². The zero-order valence-corrected chi connectivity index (χ0v) is 16.3. The van der Waals surface area contributed by atoms with Crippen LogP contribution in [0, 0.1) is 0 Å². The Hall–Kier alpha value is -2.85. The van der Waals surface area contributed by atoms with Gasteiger partial charge in [-0.05, 0) is 30.3 Å². The molecule has 140 valence electrons. The van der Waals surface area contributed by atoms with Crippen LogP contribution in [0.5, 0.6) is 0 Å². The first kappa shape index (κ1) is 18.9. The number of rotatable bonds is 3. The van der Waals surface area contributed by atoms with Gasteiger partial charge in [0.25, 0.3) is 21.8 Å². The van der Waals surface area contributed by atoms with Crippen molar-refractivity contribution in [1.82, 2.24) is 4.31 Å². The van der Waals surface area contributed by atoms with Crippen molar-refractivity contribution in [2.24, 2.45) is 5.73 Å². The van der Waals surface area contributed by atoms with Crippen molar-refractivity contribution >= 4 is 49.2 Å². The molecule has 0 aliphatic carbocycles. The van der Waals surface area contributed by atoms with Gasteiger partial charge in [-0.1, -0.05) is 28.1 Å². The van der Waals surface area contributed by atoms with Crippen LogP contribution in [0.25, 0.3) is 5.76 Å². The number of halogens is 1. The smallest absolute Gasteiger partial charge is 0.276 e. The molecule has 1 heterocycles. The molecule has 0 saturated heterocycles. The van der Waals surface area contributed by atoms with Crippen LogP contribution in [0.1, 0.15) is 15.9 Å². The van der Waals surface area contributed by atoms with Gasteiger partial charge in [-0.25, -0.2) is 8.42 Å². The van der Waals surface area contributed by atoms with Gasteiger partial charge < -0.3 is 16.2 Å². The summed E-state index contributed by atoms with van der Waals surface area (Å²) in [6, 6.07) is 10.3. The van der Waals surface area contributed by atoms with Crippen LogP contribution in [0.3, 0.4) is 0 Å². The summed E-state index contributed by atoms with van der Waals surface area (Å²) in [6.45, 7) is 0. The van der Waals surface area contributed by atoms with Gasteiger partial charge in [0, 0.05) is 17.1 Å². The summed E-state index contributed by atoms with van der Waals surface area (Å²) in [4.78, 5) is 24.1. The van der Waals surface area contributed by atoms with Gasteiger partial charge in [0.2, 0.25) is 0 Å². The topological polar surface area (TPSA) is 130 Å². The summed E-state index contributed by atoms with van der Waals surface area (Å²) in [5, 5.41) is 13.0. The molecule has 27 heavy (non-hydrogen) atoms. The van der Waals surface area contributed by atoms with Crippen molar-refractivity contribution in [3.63, 3.8) is 0 Å². The summed E-state index contributed by atoms with van der Waals surface area (Å²) >= 11 is 3.19. The van der Waals surface area contributed by atoms with Crippen LogP contribution < -0.4 is 11.1 Å². The minimum absolute atomic E-state index is 0.00429. The van der Waals surface area contributed by atoms with E-state index in [1.807, 2.05) is 0 Å². The predicted molar refractivity (Wildman–Crippen MR) is 102 cm³/mol. The second-order valence-electron chi connectivity index (χ2n) is 5.67. The number of likely N-dealkylation sites (N-methyl/N-ethyl adjacent to an activating group) is 1. The summed E-state index contributed by atoms with van der Waals surface area (Å²) in [5.74, 6) is -2.16. The normalized spacial score (nSPS) is 15.3. The molecule has 0 saturated carbocycles. The molecular weight excluding hydrogens is 438 g/mol. The number of hydrogen-bond acceptors (Lipinski definition) is 5. The number of para-hydroxylation sites is 1. The number of sulfonamides is 1. The number of amides is 2. The van der Waals surface area contributed by atoms with Crippen molar-refractivity contribution < 1.29 is 23.1 Å². The highest BCUT2D eigenvalue weighted by molar-refractivity contribution is 9.10. The Bertz CT molecular complexity index is 1110. The molecule has 0 aromatic heterocycles. The molecule has 2 aromatic rings. The Balaban J connectivity index is 2.11. The minimum atomic E-state index is -4.06. The average Bonchev–Trinajstić information content (AvgIpc) is 2.60. The standard InChI is InChI=1S/C17H14BrN3O5S/c1-21-14(17(24)20-12-5-3-2-4-10(12)16(19)23)15(22)11-7-6-9(18)8-13(11)27(21,25)26/h2-8,22H,1H3,(H2,19,23)(H,20,24). The number of nitrogens with one attached hydrogen (secondary N) is 1. The number of carbonyl (C=O) groups excluding carboxylic acids is 2. The number of hydrogen-bond donors (Lipinski definition) is 3. The molecule has 0 fully saturated rings. The molecule has 0 spiro atoms. The molecular formula is C17H14BrN3O5S. The number of primary amides is 1. The van der Waals surface area contributed by atoms with Crippen molar-refractivity contribution in [2.75, 3.05) is 12.4 Å². The Morgan fingerprint density at radius 1 is 1.19 bits per heavy atom. The molecule has 0 radical (unpaired) electrons. The van der Waals surface area contributed by atoms with Crippen LogP contribution in [-0.4, -0.2) is 36.7 Å². The lowest BCUT2D eigenvalue weighted by Gasteiger charge is -2.28. The van der Waals surface area contributed by atoms with E-state index >= 15 is 0 Å². The number of benzene rings is 2. The third kappa shape index (κ3) is 3.17. The maximum Gasteiger partial charge on any atom is 0.276 e. The van der Waals surface area contributed by atoms with Gasteiger partial charge in [-0.15, -0.1) is 0 Å². The zero-order valence-electron chi connectivity index (χ0n) is 13.9. The fraction of sp³-hybridized carbons (Fsp3) is 0.0588. The summed E-state index contributed by atoms with van der Waals surface area (Å²) in [6.07, 6.45) is 0. The second kappa shape index (κ2) is 6.71. The quantitative estimate of drug-likeness (QED) is 0.657. The van der Waals surface area contributed by atoms with Crippen LogP contribution >= 0.6 is 15.9 Å². The number of aliphatic hydroxyl groups is 1. The third-order valence-electron chi connectivity index (χ3n) is 4.03. The monoisotopic (exact) mass is 451 g/mol. The molecule has 1 aliphatic rings. The number of anilines is 1. The Labute approximate surface area is 163 Å². The summed E-state index contributed by atoms with van der Waals surface area (Å²) in [5.41, 5.74) is 4.97. The molecule has 1 aliphatic heterocycles. The molecule has 3 rings (SSSR count). The van der Waals surface area contributed by atoms with E-state index in [0.717, 1.165) is 7.05 Å². The van der Waals surface area contributed by atoms with Crippen LogP contribution in [0.4, 0.5) is 5.69 Å². The van der Waals surface area contributed by atoms with Crippen LogP contribution in [-0.2, 0) is 14.8 Å². The molecule has 0 atom stereocenters. The molecule has 0 bridgehead atoms. The lowest BCUT2D eigenvalue weighted by atomic mass is 10.1. The number of carbonyl (C=O) groups is 2. The lowest BCUT2D eigenvalue weighted by Crippen LogP contribution is -2.37. The van der Waals surface area contributed by atoms with Crippen LogP contribution in [0.2, 0.25) is 0 Å². The first-order valence-electron chi connectivity index (χ1n) is 7.57. The molecule has 0 unspecified atom stereocenters. The Kier molecular flexibility index (Phi) is 4.70. The highest BCUT2D eigenvalue weighted by atomic mass is 79.9. The maximum absolute atomic E-state index is 12.7. The van der Waals surface area contributed by atoms with E-state index in [0.29, 0.717) is 8.78 Å². The van der Waals surface area contributed by atoms with E-state index in [9.17, 15) is 23.1 Å². The number of nitrogens with zero attached hydrogens (tertiary/aromatic N) is 1. The van der Waals surface area contributed by atoms with Gasteiger partial charge in [-0.2, -0.15) is 0 Å². The number of aliphatic hydroxyl groups excluding tert-OH is 1. The van der Waals surface area contributed by atoms with E-state index in [4.69, 9.17) is 5.73 Å². The van der Waals surface area contributed by atoms with E-state index in [1.165, 1.54) is 24.3 Å². The highest BCUT2D eigenvalue weighted by Crippen LogP contribution is 2.36.